The number of anilines is 1. The molecule has 0 radical (unpaired) electrons. The standard InChI is InChI=1S/C16H23F3N2/c1-3-8-21-9-6-12(7-10-21)11(2)20-14-5-4-13(17)15(18)16(14)19/h4-5,11-12,20H,3,6-10H2,1-2H3. The van der Waals surface area contributed by atoms with Crippen molar-refractivity contribution in [1.29, 1.82) is 0 Å². The van der Waals surface area contributed by atoms with Crippen LogP contribution in [0.4, 0.5) is 18.9 Å². The summed E-state index contributed by atoms with van der Waals surface area (Å²) in [5.74, 6) is -3.28. The molecule has 1 N–H and O–H groups in total. The summed E-state index contributed by atoms with van der Waals surface area (Å²) in [5, 5.41) is 2.99. The number of piperidine rings is 1. The molecule has 2 rings (SSSR count). The third-order valence-corrected chi connectivity index (χ3v) is 4.30. The topological polar surface area (TPSA) is 15.3 Å². The van der Waals surface area contributed by atoms with Crippen LogP contribution in [0.3, 0.4) is 0 Å². The third-order valence-electron chi connectivity index (χ3n) is 4.30. The summed E-state index contributed by atoms with van der Waals surface area (Å²) in [7, 11) is 0. The molecule has 21 heavy (non-hydrogen) atoms. The lowest BCUT2D eigenvalue weighted by Gasteiger charge is -2.35. The van der Waals surface area contributed by atoms with E-state index in [1.54, 1.807) is 0 Å². The van der Waals surface area contributed by atoms with Crippen LogP contribution in [-0.2, 0) is 0 Å². The first kappa shape index (κ1) is 16.1. The van der Waals surface area contributed by atoms with Crippen LogP contribution in [0, 0.1) is 23.4 Å². The van der Waals surface area contributed by atoms with Crippen molar-refractivity contribution in [3.05, 3.63) is 29.6 Å². The number of nitrogens with zero attached hydrogens (tertiary/aromatic N) is 1. The average molecular weight is 300 g/mol. The maximum Gasteiger partial charge on any atom is 0.196 e. The van der Waals surface area contributed by atoms with Crippen LogP contribution in [0.2, 0.25) is 0 Å². The molecule has 0 saturated carbocycles. The van der Waals surface area contributed by atoms with Gasteiger partial charge in [-0.1, -0.05) is 6.92 Å². The summed E-state index contributed by atoms with van der Waals surface area (Å²) in [5.41, 5.74) is 0.0392. The largest absolute Gasteiger partial charge is 0.380 e. The second-order valence-electron chi connectivity index (χ2n) is 5.83. The van der Waals surface area contributed by atoms with Crippen LogP contribution in [0.1, 0.15) is 33.1 Å². The van der Waals surface area contributed by atoms with E-state index >= 15 is 0 Å². The van der Waals surface area contributed by atoms with Gasteiger partial charge in [-0.3, -0.25) is 0 Å². The van der Waals surface area contributed by atoms with Crippen LogP contribution in [0.15, 0.2) is 12.1 Å². The Kier molecular flexibility index (Phi) is 5.51. The van der Waals surface area contributed by atoms with Crippen molar-refractivity contribution in [3.8, 4) is 0 Å². The maximum atomic E-state index is 13.7. The quantitative estimate of drug-likeness (QED) is 0.826. The van der Waals surface area contributed by atoms with E-state index < -0.39 is 17.5 Å². The number of rotatable bonds is 5. The van der Waals surface area contributed by atoms with Crippen molar-refractivity contribution in [2.24, 2.45) is 5.92 Å². The van der Waals surface area contributed by atoms with Crippen molar-refractivity contribution in [2.45, 2.75) is 39.2 Å². The Morgan fingerprint density at radius 3 is 2.48 bits per heavy atom. The second-order valence-corrected chi connectivity index (χ2v) is 5.83. The average Bonchev–Trinajstić information content (AvgIpc) is 2.49. The molecule has 1 atom stereocenters. The molecular formula is C16H23F3N2. The summed E-state index contributed by atoms with van der Waals surface area (Å²) in [6.07, 6.45) is 3.23. The molecular weight excluding hydrogens is 277 g/mol. The Hall–Kier alpha value is -1.23. The highest BCUT2D eigenvalue weighted by Gasteiger charge is 2.24. The normalized spacial score (nSPS) is 18.7. The summed E-state index contributed by atoms with van der Waals surface area (Å²) >= 11 is 0. The van der Waals surface area contributed by atoms with E-state index in [2.05, 4.69) is 17.1 Å². The first-order valence-electron chi connectivity index (χ1n) is 7.65. The molecule has 1 saturated heterocycles. The molecule has 2 nitrogen and oxygen atoms in total. The summed E-state index contributed by atoms with van der Waals surface area (Å²) in [6.45, 7) is 7.35. The molecule has 1 aromatic rings. The van der Waals surface area contributed by atoms with E-state index in [1.807, 2.05) is 6.92 Å². The molecule has 0 bridgehead atoms. The molecule has 0 amide bonds. The van der Waals surface area contributed by atoms with Crippen LogP contribution < -0.4 is 5.32 Å². The Morgan fingerprint density at radius 2 is 1.86 bits per heavy atom. The van der Waals surface area contributed by atoms with Crippen LogP contribution >= 0.6 is 0 Å². The van der Waals surface area contributed by atoms with Gasteiger partial charge in [0.2, 0.25) is 0 Å². The van der Waals surface area contributed by atoms with Crippen molar-refractivity contribution in [3.63, 3.8) is 0 Å². The van der Waals surface area contributed by atoms with Gasteiger partial charge in [0.1, 0.15) is 0 Å². The number of halogens is 3. The van der Waals surface area contributed by atoms with Crippen molar-refractivity contribution in [2.75, 3.05) is 25.0 Å². The lowest BCUT2D eigenvalue weighted by molar-refractivity contribution is 0.176. The summed E-state index contributed by atoms with van der Waals surface area (Å²) in [4.78, 5) is 2.43. The maximum absolute atomic E-state index is 13.7. The highest BCUT2D eigenvalue weighted by atomic mass is 19.2. The van der Waals surface area contributed by atoms with Gasteiger partial charge in [0.15, 0.2) is 17.5 Å². The minimum atomic E-state index is -1.41. The third kappa shape index (κ3) is 3.90. The molecule has 1 heterocycles. The van der Waals surface area contributed by atoms with Gasteiger partial charge in [0.25, 0.3) is 0 Å². The van der Waals surface area contributed by atoms with Gasteiger partial charge >= 0.3 is 0 Å². The fourth-order valence-electron chi connectivity index (χ4n) is 2.99. The minimum Gasteiger partial charge on any atom is -0.380 e. The molecule has 1 unspecified atom stereocenters. The monoisotopic (exact) mass is 300 g/mol. The van der Waals surface area contributed by atoms with E-state index in [-0.39, 0.29) is 11.7 Å². The molecule has 5 heteroatoms. The van der Waals surface area contributed by atoms with Gasteiger partial charge in [-0.05, 0) is 63.9 Å². The zero-order valence-electron chi connectivity index (χ0n) is 12.6. The number of hydrogen-bond acceptors (Lipinski definition) is 2. The SMILES string of the molecule is CCCN1CCC(C(C)Nc2ccc(F)c(F)c2F)CC1. The Bertz CT molecular complexity index is 471. The first-order chi connectivity index (χ1) is 10.0. The van der Waals surface area contributed by atoms with Gasteiger partial charge in [-0.2, -0.15) is 0 Å². The zero-order valence-corrected chi connectivity index (χ0v) is 12.6. The number of hydrogen-bond donors (Lipinski definition) is 1. The molecule has 0 aliphatic carbocycles. The molecule has 1 aliphatic rings. The van der Waals surface area contributed by atoms with E-state index in [0.29, 0.717) is 5.92 Å². The summed E-state index contributed by atoms with van der Waals surface area (Å²) < 4.78 is 39.8. The molecule has 118 valence electrons. The van der Waals surface area contributed by atoms with Gasteiger partial charge in [-0.15, -0.1) is 0 Å². The van der Waals surface area contributed by atoms with E-state index in [1.165, 1.54) is 6.07 Å². The van der Waals surface area contributed by atoms with E-state index in [9.17, 15) is 13.2 Å². The van der Waals surface area contributed by atoms with Gasteiger partial charge in [-0.25, -0.2) is 13.2 Å². The smallest absolute Gasteiger partial charge is 0.196 e. The second kappa shape index (κ2) is 7.16. The van der Waals surface area contributed by atoms with Crippen molar-refractivity contribution >= 4 is 5.69 Å². The Balaban J connectivity index is 1.93. The van der Waals surface area contributed by atoms with Gasteiger partial charge in [0.05, 0.1) is 5.69 Å². The van der Waals surface area contributed by atoms with Crippen molar-refractivity contribution in [1.82, 2.24) is 4.90 Å². The molecule has 0 spiro atoms. The minimum absolute atomic E-state index is 0.0353. The number of likely N-dealkylation sites (tertiary alicyclic amines) is 1. The Morgan fingerprint density at radius 1 is 1.19 bits per heavy atom. The molecule has 1 aliphatic heterocycles. The predicted molar refractivity (Wildman–Crippen MR) is 78.9 cm³/mol. The molecule has 0 aromatic heterocycles. The highest BCUT2D eigenvalue weighted by molar-refractivity contribution is 5.46. The first-order valence-corrected chi connectivity index (χ1v) is 7.65. The highest BCUT2D eigenvalue weighted by Crippen LogP contribution is 2.26. The van der Waals surface area contributed by atoms with Crippen molar-refractivity contribution < 1.29 is 13.2 Å². The molecule has 1 fully saturated rings. The zero-order chi connectivity index (χ0) is 15.4. The van der Waals surface area contributed by atoms with Crippen LogP contribution in [0.5, 0.6) is 0 Å². The lowest BCUT2D eigenvalue weighted by atomic mass is 9.90. The molecule has 1 aromatic carbocycles. The van der Waals surface area contributed by atoms with Crippen LogP contribution in [-0.4, -0.2) is 30.6 Å². The lowest BCUT2D eigenvalue weighted by Crippen LogP contribution is -2.39. The van der Waals surface area contributed by atoms with Crippen LogP contribution in [0.25, 0.3) is 0 Å². The fraction of sp³-hybridized carbons (Fsp3) is 0.625. The Labute approximate surface area is 124 Å². The number of benzene rings is 1. The summed E-state index contributed by atoms with van der Waals surface area (Å²) in [6, 6.07) is 2.25. The van der Waals surface area contributed by atoms with Gasteiger partial charge in [0, 0.05) is 6.04 Å². The fourth-order valence-corrected chi connectivity index (χ4v) is 2.99. The predicted octanol–water partition coefficient (Wildman–Crippen LogP) is 4.03. The van der Waals surface area contributed by atoms with Gasteiger partial charge < -0.3 is 10.2 Å². The van der Waals surface area contributed by atoms with E-state index in [4.69, 9.17) is 0 Å². The number of nitrogens with one attached hydrogen (secondary N) is 1. The van der Waals surface area contributed by atoms with E-state index in [0.717, 1.165) is 45.0 Å².